The molecule has 0 aromatic heterocycles. The van der Waals surface area contributed by atoms with Crippen molar-refractivity contribution in [2.45, 2.75) is 13.8 Å². The molecule has 0 aromatic carbocycles. The largest absolute Gasteiger partial charge is 0.453 e. The average molecular weight is 220 g/mol. The lowest BCUT2D eigenvalue weighted by molar-refractivity contribution is -0.139. The SMILES string of the molecule is CCS(=O)(=O)OCC#CCOC(C)=O. The average Bonchev–Trinajstić information content (AvgIpc) is 2.10. The summed E-state index contributed by atoms with van der Waals surface area (Å²) in [5.41, 5.74) is 0. The molecular weight excluding hydrogens is 208 g/mol. The van der Waals surface area contributed by atoms with Gasteiger partial charge in [-0.3, -0.25) is 8.98 Å². The normalized spacial score (nSPS) is 10.1. The molecule has 5 nitrogen and oxygen atoms in total. The van der Waals surface area contributed by atoms with E-state index in [4.69, 9.17) is 0 Å². The highest BCUT2D eigenvalue weighted by Crippen LogP contribution is 1.90. The van der Waals surface area contributed by atoms with E-state index in [1.807, 2.05) is 0 Å². The molecule has 14 heavy (non-hydrogen) atoms. The highest BCUT2D eigenvalue weighted by Gasteiger charge is 2.04. The summed E-state index contributed by atoms with van der Waals surface area (Å²) in [7, 11) is -3.43. The second-order valence-electron chi connectivity index (χ2n) is 2.24. The summed E-state index contributed by atoms with van der Waals surface area (Å²) in [4.78, 5) is 10.3. The van der Waals surface area contributed by atoms with Gasteiger partial charge in [0.15, 0.2) is 6.61 Å². The molecule has 0 spiro atoms. The Bertz CT molecular complexity index is 332. The summed E-state index contributed by atoms with van der Waals surface area (Å²) in [5.74, 6) is 4.32. The number of carbonyl (C=O) groups is 1. The summed E-state index contributed by atoms with van der Waals surface area (Å²) >= 11 is 0. The molecule has 0 saturated heterocycles. The first-order valence-electron chi connectivity index (χ1n) is 3.94. The van der Waals surface area contributed by atoms with E-state index in [0.717, 1.165) is 0 Å². The highest BCUT2D eigenvalue weighted by molar-refractivity contribution is 7.86. The number of hydrogen-bond acceptors (Lipinski definition) is 5. The van der Waals surface area contributed by atoms with Gasteiger partial charge in [0.25, 0.3) is 10.1 Å². The molecule has 0 bridgehead atoms. The van der Waals surface area contributed by atoms with Crippen molar-refractivity contribution < 1.29 is 22.1 Å². The van der Waals surface area contributed by atoms with Gasteiger partial charge in [0.05, 0.1) is 5.75 Å². The van der Waals surface area contributed by atoms with E-state index >= 15 is 0 Å². The molecule has 0 radical (unpaired) electrons. The van der Waals surface area contributed by atoms with E-state index in [-0.39, 0.29) is 19.0 Å². The van der Waals surface area contributed by atoms with E-state index in [1.165, 1.54) is 13.8 Å². The van der Waals surface area contributed by atoms with Crippen LogP contribution < -0.4 is 0 Å². The first kappa shape index (κ1) is 12.9. The van der Waals surface area contributed by atoms with E-state index in [1.54, 1.807) is 0 Å². The zero-order valence-electron chi connectivity index (χ0n) is 8.07. The molecule has 0 aromatic rings. The van der Waals surface area contributed by atoms with Crippen molar-refractivity contribution in [1.29, 1.82) is 0 Å². The van der Waals surface area contributed by atoms with Crippen LogP contribution in [-0.2, 0) is 23.8 Å². The van der Waals surface area contributed by atoms with Gasteiger partial charge in [0, 0.05) is 6.92 Å². The number of esters is 1. The lowest BCUT2D eigenvalue weighted by Gasteiger charge is -1.96. The second-order valence-corrected chi connectivity index (χ2v) is 4.17. The zero-order valence-corrected chi connectivity index (χ0v) is 8.89. The Morgan fingerprint density at radius 2 is 1.86 bits per heavy atom. The topological polar surface area (TPSA) is 69.7 Å². The molecule has 0 N–H and O–H groups in total. The van der Waals surface area contributed by atoms with Gasteiger partial charge in [0.1, 0.15) is 6.61 Å². The Hall–Kier alpha value is -1.06. The Morgan fingerprint density at radius 1 is 1.29 bits per heavy atom. The van der Waals surface area contributed by atoms with Crippen LogP contribution in [0.2, 0.25) is 0 Å². The van der Waals surface area contributed by atoms with Gasteiger partial charge in [-0.15, -0.1) is 0 Å². The van der Waals surface area contributed by atoms with Gasteiger partial charge in [-0.2, -0.15) is 8.42 Å². The van der Waals surface area contributed by atoms with Gasteiger partial charge in [0.2, 0.25) is 0 Å². The lowest BCUT2D eigenvalue weighted by Crippen LogP contribution is -2.08. The van der Waals surface area contributed by atoms with Gasteiger partial charge in [-0.05, 0) is 6.92 Å². The molecule has 0 rings (SSSR count). The first-order valence-corrected chi connectivity index (χ1v) is 5.52. The minimum atomic E-state index is -3.43. The highest BCUT2D eigenvalue weighted by atomic mass is 32.2. The van der Waals surface area contributed by atoms with Crippen molar-refractivity contribution >= 4 is 16.1 Å². The summed E-state index contributed by atoms with van der Waals surface area (Å²) in [6, 6.07) is 0. The maximum absolute atomic E-state index is 10.8. The summed E-state index contributed by atoms with van der Waals surface area (Å²) in [5, 5.41) is 0. The van der Waals surface area contributed by atoms with Crippen molar-refractivity contribution in [2.24, 2.45) is 0 Å². The summed E-state index contributed by atoms with van der Waals surface area (Å²) in [6.45, 7) is 2.48. The van der Waals surface area contributed by atoms with Crippen molar-refractivity contribution in [2.75, 3.05) is 19.0 Å². The Labute approximate surface area is 83.5 Å². The molecule has 0 saturated carbocycles. The van der Waals surface area contributed by atoms with Crippen LogP contribution in [0.25, 0.3) is 0 Å². The third kappa shape index (κ3) is 7.58. The maximum Gasteiger partial charge on any atom is 0.303 e. The molecule has 0 aliphatic heterocycles. The Kier molecular flexibility index (Phi) is 5.92. The third-order valence-corrected chi connectivity index (χ3v) is 2.32. The predicted octanol–water partition coefficient (Wildman–Crippen LogP) is -0.0808. The van der Waals surface area contributed by atoms with Crippen LogP contribution in [0.3, 0.4) is 0 Å². The molecule has 0 amide bonds. The summed E-state index contributed by atoms with van der Waals surface area (Å²) in [6.07, 6.45) is 0. The number of hydrogen-bond donors (Lipinski definition) is 0. The van der Waals surface area contributed by atoms with Gasteiger partial charge in [-0.25, -0.2) is 0 Å². The van der Waals surface area contributed by atoms with Crippen molar-refractivity contribution in [3.63, 3.8) is 0 Å². The Balaban J connectivity index is 3.68. The van der Waals surface area contributed by atoms with Crippen LogP contribution in [0.5, 0.6) is 0 Å². The van der Waals surface area contributed by atoms with Crippen LogP contribution in [0, 0.1) is 11.8 Å². The molecule has 0 unspecified atom stereocenters. The van der Waals surface area contributed by atoms with E-state index in [9.17, 15) is 13.2 Å². The molecule has 0 atom stereocenters. The monoisotopic (exact) mass is 220 g/mol. The predicted molar refractivity (Wildman–Crippen MR) is 49.8 cm³/mol. The van der Waals surface area contributed by atoms with E-state index < -0.39 is 16.1 Å². The fourth-order valence-electron chi connectivity index (χ4n) is 0.442. The number of ether oxygens (including phenoxy) is 1. The van der Waals surface area contributed by atoms with Crippen molar-refractivity contribution in [3.05, 3.63) is 0 Å². The zero-order chi connectivity index (χ0) is 11.0. The van der Waals surface area contributed by atoms with Crippen LogP contribution in [-0.4, -0.2) is 33.4 Å². The molecule has 6 heteroatoms. The fourth-order valence-corrected chi connectivity index (χ4v) is 0.848. The number of rotatable bonds is 4. The van der Waals surface area contributed by atoms with Gasteiger partial charge in [-0.1, -0.05) is 11.8 Å². The maximum atomic E-state index is 10.8. The molecule has 0 fully saturated rings. The quantitative estimate of drug-likeness (QED) is 0.376. The summed E-state index contributed by atoms with van der Waals surface area (Å²) < 4.78 is 30.5. The van der Waals surface area contributed by atoms with Gasteiger partial charge >= 0.3 is 5.97 Å². The molecule has 0 aliphatic rings. The smallest absolute Gasteiger partial charge is 0.303 e. The van der Waals surface area contributed by atoms with Crippen LogP contribution in [0.1, 0.15) is 13.8 Å². The minimum Gasteiger partial charge on any atom is -0.453 e. The van der Waals surface area contributed by atoms with E-state index in [2.05, 4.69) is 20.8 Å². The molecule has 0 aliphatic carbocycles. The number of carbonyl (C=O) groups excluding carboxylic acids is 1. The standard InChI is InChI=1S/C8H12O5S/c1-3-14(10,11)13-7-5-4-6-12-8(2)9/h3,6-7H2,1-2H3. The molecule has 0 heterocycles. The van der Waals surface area contributed by atoms with Gasteiger partial charge < -0.3 is 4.74 Å². The third-order valence-electron chi connectivity index (χ3n) is 1.14. The lowest BCUT2D eigenvalue weighted by atomic mass is 10.6. The van der Waals surface area contributed by atoms with E-state index in [0.29, 0.717) is 0 Å². The fraction of sp³-hybridized carbons (Fsp3) is 0.625. The van der Waals surface area contributed by atoms with Crippen LogP contribution in [0.4, 0.5) is 0 Å². The minimum absolute atomic E-state index is 0.0507. The van der Waals surface area contributed by atoms with Crippen LogP contribution in [0.15, 0.2) is 0 Å². The first-order chi connectivity index (χ1) is 6.48. The van der Waals surface area contributed by atoms with Crippen molar-refractivity contribution in [1.82, 2.24) is 0 Å². The van der Waals surface area contributed by atoms with Crippen molar-refractivity contribution in [3.8, 4) is 11.8 Å². The van der Waals surface area contributed by atoms with Crippen LogP contribution >= 0.6 is 0 Å². The Morgan fingerprint density at radius 3 is 2.36 bits per heavy atom. The molecular formula is C8H12O5S. The molecule has 80 valence electrons. The second kappa shape index (κ2) is 6.40.